The second-order valence-corrected chi connectivity index (χ2v) is 3.33. The molecule has 0 fully saturated rings. The van der Waals surface area contributed by atoms with Crippen LogP contribution in [0.15, 0.2) is 24.4 Å². The fraction of sp³-hybridized carbons (Fsp3) is 0.182. The van der Waals surface area contributed by atoms with Crippen LogP contribution in [0.3, 0.4) is 0 Å². The number of nitrogens with one attached hydrogen (secondary N) is 1. The average Bonchev–Trinajstić information content (AvgIpc) is 2.62. The van der Waals surface area contributed by atoms with Crippen molar-refractivity contribution in [1.82, 2.24) is 4.98 Å². The molecule has 0 bridgehead atoms. The van der Waals surface area contributed by atoms with Gasteiger partial charge in [-0.1, -0.05) is 12.1 Å². The van der Waals surface area contributed by atoms with Crippen LogP contribution in [0.1, 0.15) is 15.9 Å². The summed E-state index contributed by atoms with van der Waals surface area (Å²) in [5.74, 6) is -0.0226. The number of benzene rings is 1. The lowest BCUT2D eigenvalue weighted by Gasteiger charge is -1.98. The highest BCUT2D eigenvalue weighted by Crippen LogP contribution is 2.21. The predicted molar refractivity (Wildman–Crippen MR) is 56.4 cm³/mol. The Morgan fingerprint density at radius 1 is 1.50 bits per heavy atom. The molecule has 0 amide bonds. The minimum Gasteiger partial charge on any atom is -0.360 e. The summed E-state index contributed by atoms with van der Waals surface area (Å²) < 4.78 is 0. The minimum atomic E-state index is -0.0226. The molecule has 3 nitrogen and oxygen atoms in total. The van der Waals surface area contributed by atoms with Crippen LogP contribution >= 0.6 is 0 Å². The van der Waals surface area contributed by atoms with Gasteiger partial charge in [-0.3, -0.25) is 4.79 Å². The summed E-state index contributed by atoms with van der Waals surface area (Å²) in [7, 11) is 0. The van der Waals surface area contributed by atoms with Gasteiger partial charge in [-0.25, -0.2) is 0 Å². The van der Waals surface area contributed by atoms with E-state index >= 15 is 0 Å². The third-order valence-electron chi connectivity index (χ3n) is 2.40. The maximum atomic E-state index is 11.5. The summed E-state index contributed by atoms with van der Waals surface area (Å²) in [6.07, 6.45) is 1.73. The summed E-state index contributed by atoms with van der Waals surface area (Å²) in [6.45, 7) is 2.05. The Labute approximate surface area is 81.9 Å². The molecule has 3 N–H and O–H groups in total. The fourth-order valence-corrected chi connectivity index (χ4v) is 1.70. The first kappa shape index (κ1) is 8.97. The van der Waals surface area contributed by atoms with E-state index in [0.29, 0.717) is 5.56 Å². The van der Waals surface area contributed by atoms with Crippen molar-refractivity contribution < 1.29 is 4.79 Å². The van der Waals surface area contributed by atoms with Gasteiger partial charge >= 0.3 is 0 Å². The number of aromatic nitrogens is 1. The first-order chi connectivity index (χ1) is 6.74. The normalized spacial score (nSPS) is 10.7. The summed E-state index contributed by atoms with van der Waals surface area (Å²) in [5.41, 5.74) is 8.12. The molecule has 0 aliphatic rings. The summed E-state index contributed by atoms with van der Waals surface area (Å²) >= 11 is 0. The third-order valence-corrected chi connectivity index (χ3v) is 2.40. The van der Waals surface area contributed by atoms with E-state index in [9.17, 15) is 4.79 Å². The van der Waals surface area contributed by atoms with Crippen LogP contribution in [-0.2, 0) is 0 Å². The van der Waals surface area contributed by atoms with E-state index < -0.39 is 0 Å². The molecular formula is C11H12N2O. The number of Topliss-reactive ketones (excluding diaryl/α,β-unsaturated/α-hetero) is 1. The number of carbonyl (C=O) groups excluding carboxylic acids is 1. The lowest BCUT2D eigenvalue weighted by Crippen LogP contribution is -2.13. The summed E-state index contributed by atoms with van der Waals surface area (Å²) in [6, 6.07) is 5.91. The van der Waals surface area contributed by atoms with Gasteiger partial charge in [-0.15, -0.1) is 0 Å². The van der Waals surface area contributed by atoms with Gasteiger partial charge < -0.3 is 10.7 Å². The van der Waals surface area contributed by atoms with E-state index in [1.807, 2.05) is 25.1 Å². The van der Waals surface area contributed by atoms with E-state index in [4.69, 9.17) is 5.73 Å². The van der Waals surface area contributed by atoms with Crippen molar-refractivity contribution in [1.29, 1.82) is 0 Å². The number of rotatable bonds is 2. The smallest absolute Gasteiger partial charge is 0.178 e. The van der Waals surface area contributed by atoms with Crippen molar-refractivity contribution >= 4 is 16.7 Å². The molecule has 0 aliphatic heterocycles. The number of carbonyl (C=O) groups is 1. The molecule has 2 rings (SSSR count). The highest BCUT2D eigenvalue weighted by atomic mass is 16.1. The van der Waals surface area contributed by atoms with Crippen LogP contribution in [0.5, 0.6) is 0 Å². The molecule has 0 aliphatic carbocycles. The Kier molecular flexibility index (Phi) is 2.09. The number of H-pyrrole nitrogens is 1. The average molecular weight is 188 g/mol. The first-order valence-corrected chi connectivity index (χ1v) is 4.54. The van der Waals surface area contributed by atoms with Gasteiger partial charge in [-0.05, 0) is 18.6 Å². The molecule has 0 atom stereocenters. The van der Waals surface area contributed by atoms with Crippen LogP contribution in [-0.4, -0.2) is 17.3 Å². The van der Waals surface area contributed by atoms with E-state index in [0.717, 1.165) is 16.5 Å². The van der Waals surface area contributed by atoms with E-state index in [1.165, 1.54) is 0 Å². The maximum absolute atomic E-state index is 11.5. The standard InChI is InChI=1S/C11H12N2O/c1-7-3-2-4-9-11(7)8(6-13-9)10(14)5-12/h2-4,6,13H,5,12H2,1H3. The zero-order valence-electron chi connectivity index (χ0n) is 8.00. The number of ketones is 1. The van der Waals surface area contributed by atoms with Crippen LogP contribution in [0.25, 0.3) is 10.9 Å². The van der Waals surface area contributed by atoms with Crippen LogP contribution in [0.4, 0.5) is 0 Å². The molecule has 0 saturated carbocycles. The summed E-state index contributed by atoms with van der Waals surface area (Å²) in [5, 5.41) is 0.989. The monoisotopic (exact) mass is 188 g/mol. The van der Waals surface area contributed by atoms with Crippen molar-refractivity contribution in [3.05, 3.63) is 35.5 Å². The molecule has 3 heteroatoms. The number of nitrogens with two attached hydrogens (primary N) is 1. The highest BCUT2D eigenvalue weighted by molar-refractivity contribution is 6.09. The lowest BCUT2D eigenvalue weighted by molar-refractivity contribution is 0.100. The van der Waals surface area contributed by atoms with Gasteiger partial charge in [0.05, 0.1) is 6.54 Å². The van der Waals surface area contributed by atoms with Gasteiger partial charge in [0, 0.05) is 22.7 Å². The van der Waals surface area contributed by atoms with Gasteiger partial charge in [-0.2, -0.15) is 0 Å². The molecule has 72 valence electrons. The molecule has 0 radical (unpaired) electrons. The third kappa shape index (κ3) is 1.22. The number of hydrogen-bond acceptors (Lipinski definition) is 2. The van der Waals surface area contributed by atoms with Gasteiger partial charge in [0.1, 0.15) is 0 Å². The first-order valence-electron chi connectivity index (χ1n) is 4.54. The van der Waals surface area contributed by atoms with Crippen molar-refractivity contribution in [2.45, 2.75) is 6.92 Å². The molecule has 1 heterocycles. The van der Waals surface area contributed by atoms with E-state index in [1.54, 1.807) is 6.20 Å². The second kappa shape index (κ2) is 3.27. The molecule has 1 aromatic carbocycles. The Bertz CT molecular complexity index is 485. The molecule has 0 unspecified atom stereocenters. The van der Waals surface area contributed by atoms with Crippen LogP contribution in [0.2, 0.25) is 0 Å². The molecule has 1 aromatic heterocycles. The van der Waals surface area contributed by atoms with Crippen molar-refractivity contribution in [3.63, 3.8) is 0 Å². The number of hydrogen-bond donors (Lipinski definition) is 2. The number of fused-ring (bicyclic) bond motifs is 1. The van der Waals surface area contributed by atoms with Gasteiger partial charge in [0.15, 0.2) is 5.78 Å². The van der Waals surface area contributed by atoms with Crippen molar-refractivity contribution in [2.24, 2.45) is 5.73 Å². The molecule has 0 spiro atoms. The number of aryl methyl sites for hydroxylation is 1. The SMILES string of the molecule is Cc1cccc2[nH]cc(C(=O)CN)c12. The zero-order chi connectivity index (χ0) is 10.1. The van der Waals surface area contributed by atoms with Gasteiger partial charge in [0.2, 0.25) is 0 Å². The fourth-order valence-electron chi connectivity index (χ4n) is 1.70. The lowest BCUT2D eigenvalue weighted by atomic mass is 10.1. The topological polar surface area (TPSA) is 58.9 Å². The van der Waals surface area contributed by atoms with E-state index in [-0.39, 0.29) is 12.3 Å². The minimum absolute atomic E-state index is 0.0226. The molecule has 2 aromatic rings. The van der Waals surface area contributed by atoms with Crippen molar-refractivity contribution in [3.8, 4) is 0 Å². The largest absolute Gasteiger partial charge is 0.360 e. The molecule has 14 heavy (non-hydrogen) atoms. The Balaban J connectivity index is 2.73. The predicted octanol–water partition coefficient (Wildman–Crippen LogP) is 1.62. The van der Waals surface area contributed by atoms with E-state index in [2.05, 4.69) is 4.98 Å². The zero-order valence-corrected chi connectivity index (χ0v) is 8.00. The maximum Gasteiger partial charge on any atom is 0.178 e. The molecule has 0 saturated heterocycles. The second-order valence-electron chi connectivity index (χ2n) is 3.33. The van der Waals surface area contributed by atoms with Crippen LogP contribution in [0, 0.1) is 6.92 Å². The molecular weight excluding hydrogens is 176 g/mol. The Morgan fingerprint density at radius 2 is 2.29 bits per heavy atom. The van der Waals surface area contributed by atoms with Gasteiger partial charge in [0.25, 0.3) is 0 Å². The highest BCUT2D eigenvalue weighted by Gasteiger charge is 2.11. The quantitative estimate of drug-likeness (QED) is 0.703. The Hall–Kier alpha value is -1.61. The van der Waals surface area contributed by atoms with Crippen LogP contribution < -0.4 is 5.73 Å². The number of aromatic amines is 1. The summed E-state index contributed by atoms with van der Waals surface area (Å²) in [4.78, 5) is 14.6. The van der Waals surface area contributed by atoms with Crippen molar-refractivity contribution in [2.75, 3.05) is 6.54 Å². The Morgan fingerprint density at radius 3 is 3.00 bits per heavy atom.